The first-order valence-electron chi connectivity index (χ1n) is 13.9. The van der Waals surface area contributed by atoms with Crippen molar-refractivity contribution in [3.8, 4) is 22.3 Å². The van der Waals surface area contributed by atoms with Crippen molar-refractivity contribution < 1.29 is 0 Å². The molecule has 5 aromatic carbocycles. The van der Waals surface area contributed by atoms with Gasteiger partial charge in [0.2, 0.25) is 0 Å². The Morgan fingerprint density at radius 2 is 1.16 bits per heavy atom. The molecule has 5 aromatic rings. The summed E-state index contributed by atoms with van der Waals surface area (Å²) >= 11 is 3.85. The molecule has 0 heterocycles. The molecule has 1 saturated carbocycles. The zero-order valence-electron chi connectivity index (χ0n) is 21.5. The van der Waals surface area contributed by atoms with Crippen molar-refractivity contribution in [2.45, 2.75) is 43.4 Å². The minimum atomic E-state index is -0.384. The lowest BCUT2D eigenvalue weighted by Crippen LogP contribution is -2.28. The Kier molecular flexibility index (Phi) is 6.05. The van der Waals surface area contributed by atoms with Gasteiger partial charge in [0.05, 0.1) is 5.41 Å². The summed E-state index contributed by atoms with van der Waals surface area (Å²) in [5.41, 5.74) is 12.1. The lowest BCUT2D eigenvalue weighted by atomic mass is 9.67. The Bertz CT molecular complexity index is 1540. The van der Waals surface area contributed by atoms with Gasteiger partial charge >= 0.3 is 0 Å². The summed E-state index contributed by atoms with van der Waals surface area (Å²) in [6.07, 6.45) is 6.56. The van der Waals surface area contributed by atoms with Crippen LogP contribution in [0.2, 0.25) is 0 Å². The summed E-state index contributed by atoms with van der Waals surface area (Å²) < 4.78 is 1.13. The molecule has 2 aliphatic rings. The summed E-state index contributed by atoms with van der Waals surface area (Å²) in [5.74, 6) is 0.597. The second kappa shape index (κ2) is 9.71. The number of halogens is 1. The van der Waals surface area contributed by atoms with Crippen LogP contribution in [0.3, 0.4) is 0 Å². The van der Waals surface area contributed by atoms with Gasteiger partial charge in [0.1, 0.15) is 0 Å². The van der Waals surface area contributed by atoms with Gasteiger partial charge in [-0.1, -0.05) is 138 Å². The zero-order chi connectivity index (χ0) is 25.5. The Balaban J connectivity index is 1.64. The molecule has 186 valence electrons. The van der Waals surface area contributed by atoms with E-state index >= 15 is 0 Å². The molecule has 0 unspecified atom stereocenters. The van der Waals surface area contributed by atoms with E-state index in [0.717, 1.165) is 4.47 Å². The van der Waals surface area contributed by atoms with Gasteiger partial charge in [0.15, 0.2) is 0 Å². The van der Waals surface area contributed by atoms with Crippen LogP contribution in [0.25, 0.3) is 22.3 Å². The van der Waals surface area contributed by atoms with E-state index in [2.05, 4.69) is 137 Å². The van der Waals surface area contributed by atoms with Gasteiger partial charge in [-0.05, 0) is 87.0 Å². The summed E-state index contributed by atoms with van der Waals surface area (Å²) in [4.78, 5) is 0. The predicted molar refractivity (Wildman–Crippen MR) is 163 cm³/mol. The molecule has 0 saturated heterocycles. The van der Waals surface area contributed by atoms with Gasteiger partial charge in [0, 0.05) is 4.47 Å². The van der Waals surface area contributed by atoms with E-state index < -0.39 is 0 Å². The van der Waals surface area contributed by atoms with Gasteiger partial charge in [-0.3, -0.25) is 0 Å². The van der Waals surface area contributed by atoms with Crippen molar-refractivity contribution in [1.29, 1.82) is 0 Å². The molecule has 0 atom stereocenters. The second-order valence-electron chi connectivity index (χ2n) is 10.9. The summed E-state index contributed by atoms with van der Waals surface area (Å²) in [6, 6.07) is 45.3. The van der Waals surface area contributed by atoms with Crippen LogP contribution < -0.4 is 0 Å². The van der Waals surface area contributed by atoms with Crippen LogP contribution in [-0.4, -0.2) is 0 Å². The monoisotopic (exact) mass is 554 g/mol. The molecule has 2 aliphatic carbocycles. The Hall–Kier alpha value is -3.42. The molecule has 38 heavy (non-hydrogen) atoms. The van der Waals surface area contributed by atoms with E-state index in [0.29, 0.717) is 5.92 Å². The highest BCUT2D eigenvalue weighted by molar-refractivity contribution is 9.10. The summed E-state index contributed by atoms with van der Waals surface area (Å²) in [7, 11) is 0. The van der Waals surface area contributed by atoms with Crippen LogP contribution in [0, 0.1) is 0 Å². The van der Waals surface area contributed by atoms with Crippen LogP contribution in [-0.2, 0) is 5.41 Å². The van der Waals surface area contributed by atoms with E-state index in [-0.39, 0.29) is 5.41 Å². The first-order valence-corrected chi connectivity index (χ1v) is 14.7. The Morgan fingerprint density at radius 1 is 0.553 bits per heavy atom. The maximum absolute atomic E-state index is 3.85. The molecule has 0 amide bonds. The van der Waals surface area contributed by atoms with Gasteiger partial charge in [-0.15, -0.1) is 0 Å². The molecule has 1 heteroatoms. The topological polar surface area (TPSA) is 0 Å². The highest BCUT2D eigenvalue weighted by atomic mass is 79.9. The van der Waals surface area contributed by atoms with Crippen molar-refractivity contribution in [3.63, 3.8) is 0 Å². The van der Waals surface area contributed by atoms with E-state index in [4.69, 9.17) is 0 Å². The maximum Gasteiger partial charge on any atom is 0.0714 e. The van der Waals surface area contributed by atoms with E-state index in [1.807, 2.05) is 0 Å². The number of fused-ring (bicyclic) bond motifs is 3. The van der Waals surface area contributed by atoms with E-state index in [1.165, 1.54) is 76.6 Å². The minimum absolute atomic E-state index is 0.384. The molecule has 7 rings (SSSR count). The number of rotatable bonds is 4. The van der Waals surface area contributed by atoms with Gasteiger partial charge in [-0.25, -0.2) is 0 Å². The van der Waals surface area contributed by atoms with Crippen LogP contribution in [0.4, 0.5) is 0 Å². The number of benzene rings is 5. The lowest BCUT2D eigenvalue weighted by molar-refractivity contribution is 0.444. The SMILES string of the molecule is Brc1ccc2c(c1)C(c1ccccc1)(c1ccccc1)c1cc(-c3ccccc3)cc(C3CCCCC3)c1-2. The van der Waals surface area contributed by atoms with Crippen LogP contribution in [0.1, 0.15) is 65.8 Å². The molecule has 1 fully saturated rings. The first kappa shape index (κ1) is 23.7. The zero-order valence-corrected chi connectivity index (χ0v) is 23.1. The minimum Gasteiger partial charge on any atom is -0.0622 e. The molecule has 0 radical (unpaired) electrons. The largest absolute Gasteiger partial charge is 0.0714 e. The summed E-state index contributed by atoms with van der Waals surface area (Å²) in [5, 5.41) is 0. The molecular weight excluding hydrogens is 524 g/mol. The fourth-order valence-electron chi connectivity index (χ4n) is 7.15. The number of hydrogen-bond donors (Lipinski definition) is 0. The van der Waals surface area contributed by atoms with E-state index in [9.17, 15) is 0 Å². The molecule has 0 spiro atoms. The highest BCUT2D eigenvalue weighted by Gasteiger charge is 2.47. The van der Waals surface area contributed by atoms with Crippen molar-refractivity contribution in [3.05, 3.63) is 154 Å². The van der Waals surface area contributed by atoms with Crippen LogP contribution in [0.5, 0.6) is 0 Å². The predicted octanol–water partition coefficient (Wildman–Crippen LogP) is 10.5. The fourth-order valence-corrected chi connectivity index (χ4v) is 7.51. The van der Waals surface area contributed by atoms with Crippen molar-refractivity contribution >= 4 is 15.9 Å². The summed E-state index contributed by atoms with van der Waals surface area (Å²) in [6.45, 7) is 0. The van der Waals surface area contributed by atoms with Crippen molar-refractivity contribution in [1.82, 2.24) is 0 Å². The standard InChI is InChI=1S/C37H31Br/c38-31-21-22-32-34(25-31)37(29-17-9-3-10-18-29,30-19-11-4-12-20-30)35-24-28(26-13-5-1-6-14-26)23-33(36(32)35)27-15-7-2-8-16-27/h1,3-6,9-14,17-25,27H,2,7-8,15-16H2. The van der Waals surface area contributed by atoms with E-state index in [1.54, 1.807) is 5.56 Å². The van der Waals surface area contributed by atoms with Gasteiger partial charge in [0.25, 0.3) is 0 Å². The quantitative estimate of drug-likeness (QED) is 0.203. The second-order valence-corrected chi connectivity index (χ2v) is 11.8. The molecule has 0 bridgehead atoms. The fraction of sp³-hybridized carbons (Fsp3) is 0.189. The van der Waals surface area contributed by atoms with Crippen LogP contribution in [0.15, 0.2) is 126 Å². The molecular formula is C37H31Br. The van der Waals surface area contributed by atoms with Gasteiger partial charge in [-0.2, -0.15) is 0 Å². The third-order valence-corrected chi connectivity index (χ3v) is 9.29. The van der Waals surface area contributed by atoms with Crippen molar-refractivity contribution in [2.75, 3.05) is 0 Å². The van der Waals surface area contributed by atoms with Crippen molar-refractivity contribution in [2.24, 2.45) is 0 Å². The smallest absolute Gasteiger partial charge is 0.0622 e. The lowest BCUT2D eigenvalue weighted by Gasteiger charge is -2.35. The molecule has 0 nitrogen and oxygen atoms in total. The first-order chi connectivity index (χ1) is 18.8. The molecule has 0 aromatic heterocycles. The third kappa shape index (κ3) is 3.71. The molecule has 0 aliphatic heterocycles. The average Bonchev–Trinajstić information content (AvgIpc) is 3.28. The Morgan fingerprint density at radius 3 is 1.79 bits per heavy atom. The molecule has 0 N–H and O–H groups in total. The third-order valence-electron chi connectivity index (χ3n) is 8.79. The Labute approximate surface area is 234 Å². The van der Waals surface area contributed by atoms with Gasteiger partial charge < -0.3 is 0 Å². The maximum atomic E-state index is 3.85. The average molecular weight is 556 g/mol. The number of hydrogen-bond acceptors (Lipinski definition) is 0. The normalized spacial score (nSPS) is 16.1. The van der Waals surface area contributed by atoms with Crippen LogP contribution >= 0.6 is 15.9 Å². The highest BCUT2D eigenvalue weighted by Crippen LogP contribution is 2.59.